The second kappa shape index (κ2) is 7.30. The Bertz CT molecular complexity index is 462. The molecule has 2 N–H and O–H groups in total. The second-order valence-corrected chi connectivity index (χ2v) is 3.99. The summed E-state index contributed by atoms with van der Waals surface area (Å²) in [5.74, 6) is 0.0164. The minimum Gasteiger partial charge on any atom is -0.370 e. The van der Waals surface area contributed by atoms with Crippen molar-refractivity contribution < 1.29 is 9.72 Å². The van der Waals surface area contributed by atoms with E-state index in [4.69, 9.17) is 0 Å². The normalized spacial score (nSPS) is 10.0. The van der Waals surface area contributed by atoms with Gasteiger partial charge in [0.2, 0.25) is 0 Å². The van der Waals surface area contributed by atoms with Crippen LogP contribution in [0, 0.1) is 10.1 Å². The lowest BCUT2D eigenvalue weighted by Crippen LogP contribution is -2.25. The highest BCUT2D eigenvalue weighted by molar-refractivity contribution is 5.99. The Hall–Kier alpha value is -2.18. The van der Waals surface area contributed by atoms with E-state index >= 15 is 0 Å². The van der Waals surface area contributed by atoms with Crippen LogP contribution in [0.5, 0.6) is 0 Å². The third-order valence-corrected chi connectivity index (χ3v) is 2.49. The van der Waals surface area contributed by atoms with Crippen LogP contribution in [-0.4, -0.2) is 28.9 Å². The molecule has 0 radical (unpaired) electrons. The Morgan fingerprint density at radius 1 is 1.47 bits per heavy atom. The molecule has 1 amide bonds. The number of anilines is 1. The van der Waals surface area contributed by atoms with Crippen molar-refractivity contribution in [1.29, 1.82) is 0 Å². The first-order valence-electron chi connectivity index (χ1n) is 6.26. The number of amides is 1. The Kier molecular flexibility index (Phi) is 5.72. The van der Waals surface area contributed by atoms with Crippen molar-refractivity contribution in [1.82, 2.24) is 10.3 Å². The smallest absolute Gasteiger partial charge is 0.288 e. The molecular weight excluding hydrogens is 248 g/mol. The molecule has 0 aliphatic rings. The zero-order chi connectivity index (χ0) is 14.3. The highest BCUT2D eigenvalue weighted by atomic mass is 16.6. The lowest BCUT2D eigenvalue weighted by Gasteiger charge is -2.09. The number of pyridine rings is 1. The highest BCUT2D eigenvalue weighted by Crippen LogP contribution is 2.18. The average Bonchev–Trinajstić information content (AvgIpc) is 2.39. The molecule has 0 aromatic carbocycles. The van der Waals surface area contributed by atoms with Crippen LogP contribution in [0.25, 0.3) is 0 Å². The molecule has 0 saturated carbocycles. The van der Waals surface area contributed by atoms with E-state index in [9.17, 15) is 14.9 Å². The minimum absolute atomic E-state index is 0.192. The summed E-state index contributed by atoms with van der Waals surface area (Å²) in [6.45, 7) is 5.01. The Labute approximate surface area is 111 Å². The lowest BCUT2D eigenvalue weighted by molar-refractivity contribution is -0.385. The molecule has 0 unspecified atom stereocenters. The van der Waals surface area contributed by atoms with Gasteiger partial charge >= 0.3 is 0 Å². The van der Waals surface area contributed by atoms with E-state index in [0.717, 1.165) is 19.0 Å². The van der Waals surface area contributed by atoms with Crippen LogP contribution >= 0.6 is 0 Å². The molecule has 0 saturated heterocycles. The van der Waals surface area contributed by atoms with Crippen molar-refractivity contribution in [3.8, 4) is 0 Å². The molecule has 0 aliphatic heterocycles. The van der Waals surface area contributed by atoms with E-state index in [1.807, 2.05) is 13.8 Å². The largest absolute Gasteiger partial charge is 0.370 e. The van der Waals surface area contributed by atoms with Crippen LogP contribution < -0.4 is 10.6 Å². The molecule has 0 aliphatic carbocycles. The molecule has 0 atom stereocenters. The maximum Gasteiger partial charge on any atom is 0.288 e. The first-order chi connectivity index (χ1) is 9.10. The molecule has 0 fully saturated rings. The van der Waals surface area contributed by atoms with E-state index in [-0.39, 0.29) is 17.2 Å². The number of rotatable bonds is 7. The van der Waals surface area contributed by atoms with Crippen molar-refractivity contribution in [3.05, 3.63) is 27.9 Å². The molecule has 1 rings (SSSR count). The number of nitro groups is 1. The Morgan fingerprint density at radius 3 is 2.79 bits per heavy atom. The fourth-order valence-electron chi connectivity index (χ4n) is 1.51. The van der Waals surface area contributed by atoms with Crippen LogP contribution in [0.4, 0.5) is 11.5 Å². The van der Waals surface area contributed by atoms with Gasteiger partial charge in [-0.25, -0.2) is 4.98 Å². The summed E-state index contributed by atoms with van der Waals surface area (Å²) in [6.07, 6.45) is 2.97. The van der Waals surface area contributed by atoms with Gasteiger partial charge in [0.25, 0.3) is 11.6 Å². The number of carbonyl (C=O) groups excluding carboxylic acids is 1. The van der Waals surface area contributed by atoms with Crippen LogP contribution in [0.15, 0.2) is 12.3 Å². The summed E-state index contributed by atoms with van der Waals surface area (Å²) in [5, 5.41) is 16.4. The Balaban J connectivity index is 2.95. The maximum atomic E-state index is 12.0. The molecule has 19 heavy (non-hydrogen) atoms. The minimum atomic E-state index is -0.564. The van der Waals surface area contributed by atoms with Gasteiger partial charge in [0.15, 0.2) is 0 Å². The topological polar surface area (TPSA) is 97.2 Å². The first-order valence-corrected chi connectivity index (χ1v) is 6.26. The molecule has 7 heteroatoms. The van der Waals surface area contributed by atoms with Crippen molar-refractivity contribution in [3.63, 3.8) is 0 Å². The number of nitrogens with one attached hydrogen (secondary N) is 2. The van der Waals surface area contributed by atoms with Crippen molar-refractivity contribution in [2.75, 3.05) is 18.4 Å². The maximum absolute atomic E-state index is 12.0. The molecule has 104 valence electrons. The predicted octanol–water partition coefficient (Wildman–Crippen LogP) is 1.95. The zero-order valence-electron chi connectivity index (χ0n) is 11.1. The van der Waals surface area contributed by atoms with E-state index in [1.54, 1.807) is 0 Å². The summed E-state index contributed by atoms with van der Waals surface area (Å²) >= 11 is 0. The van der Waals surface area contributed by atoms with Crippen molar-refractivity contribution in [2.45, 2.75) is 26.7 Å². The molecule has 0 spiro atoms. The Morgan fingerprint density at radius 2 is 2.21 bits per heavy atom. The first kappa shape index (κ1) is 14.9. The summed E-state index contributed by atoms with van der Waals surface area (Å²) < 4.78 is 0. The molecule has 1 aromatic heterocycles. The van der Waals surface area contributed by atoms with Gasteiger partial charge in [0.1, 0.15) is 12.0 Å². The van der Waals surface area contributed by atoms with Gasteiger partial charge in [0, 0.05) is 19.2 Å². The van der Waals surface area contributed by atoms with Gasteiger partial charge in [-0.05, 0) is 13.3 Å². The van der Waals surface area contributed by atoms with E-state index in [1.165, 1.54) is 6.07 Å². The number of aromatic nitrogens is 1. The summed E-state index contributed by atoms with van der Waals surface area (Å²) in [5.41, 5.74) is 0.00875. The van der Waals surface area contributed by atoms with Gasteiger partial charge in [-0.1, -0.05) is 13.3 Å². The van der Waals surface area contributed by atoms with E-state index < -0.39 is 4.92 Å². The third-order valence-electron chi connectivity index (χ3n) is 2.49. The van der Waals surface area contributed by atoms with Gasteiger partial charge in [-0.2, -0.15) is 0 Å². The highest BCUT2D eigenvalue weighted by Gasteiger charge is 2.17. The van der Waals surface area contributed by atoms with Gasteiger partial charge in [0.05, 0.1) is 10.5 Å². The SMILES string of the molecule is CCCCNC(=O)c1cc([N+](=O)[O-])cnc1NCC. The molecule has 1 aromatic rings. The van der Waals surface area contributed by atoms with E-state index in [0.29, 0.717) is 18.9 Å². The fraction of sp³-hybridized carbons (Fsp3) is 0.500. The average molecular weight is 266 g/mol. The van der Waals surface area contributed by atoms with Crippen LogP contribution in [0.2, 0.25) is 0 Å². The summed E-state index contributed by atoms with van der Waals surface area (Å²) in [4.78, 5) is 26.1. The number of nitrogens with zero attached hydrogens (tertiary/aromatic N) is 2. The molecule has 1 heterocycles. The number of hydrogen-bond donors (Lipinski definition) is 2. The van der Waals surface area contributed by atoms with Gasteiger partial charge in [-0.3, -0.25) is 14.9 Å². The van der Waals surface area contributed by atoms with E-state index in [2.05, 4.69) is 15.6 Å². The fourth-order valence-corrected chi connectivity index (χ4v) is 1.51. The van der Waals surface area contributed by atoms with Gasteiger partial charge in [-0.15, -0.1) is 0 Å². The number of hydrogen-bond acceptors (Lipinski definition) is 5. The molecule has 7 nitrogen and oxygen atoms in total. The van der Waals surface area contributed by atoms with Crippen LogP contribution in [0.3, 0.4) is 0 Å². The van der Waals surface area contributed by atoms with Gasteiger partial charge < -0.3 is 10.6 Å². The third kappa shape index (κ3) is 4.20. The standard InChI is InChI=1S/C12H18N4O3/c1-3-5-6-14-12(17)10-7-9(16(18)19)8-15-11(10)13-4-2/h7-8H,3-6H2,1-2H3,(H,13,15)(H,14,17). The zero-order valence-corrected chi connectivity index (χ0v) is 11.1. The van der Waals surface area contributed by atoms with Crippen molar-refractivity contribution >= 4 is 17.4 Å². The second-order valence-electron chi connectivity index (χ2n) is 3.99. The van der Waals surface area contributed by atoms with Crippen LogP contribution in [-0.2, 0) is 0 Å². The van der Waals surface area contributed by atoms with Crippen LogP contribution in [0.1, 0.15) is 37.0 Å². The summed E-state index contributed by atoms with van der Waals surface area (Å²) in [6, 6.07) is 1.24. The summed E-state index contributed by atoms with van der Waals surface area (Å²) in [7, 11) is 0. The lowest BCUT2D eigenvalue weighted by atomic mass is 10.2. The molecule has 0 bridgehead atoms. The number of carbonyl (C=O) groups is 1. The molecular formula is C12H18N4O3. The number of unbranched alkanes of at least 4 members (excludes halogenated alkanes) is 1. The predicted molar refractivity (Wildman–Crippen MR) is 72.3 cm³/mol. The monoisotopic (exact) mass is 266 g/mol. The van der Waals surface area contributed by atoms with Crippen molar-refractivity contribution in [2.24, 2.45) is 0 Å². The quantitative estimate of drug-likeness (QED) is 0.446.